The number of guanidine groups is 1. The summed E-state index contributed by atoms with van der Waals surface area (Å²) in [7, 11) is 5.99. The Bertz CT molecular complexity index is 862. The van der Waals surface area contributed by atoms with Gasteiger partial charge in [0.15, 0.2) is 23.2 Å². The number of alkyl halides is 3. The molecule has 174 valence electrons. The molecular weight excluding hydrogens is 530 g/mol. The fourth-order valence-electron chi connectivity index (χ4n) is 2.82. The van der Waals surface area contributed by atoms with Crippen LogP contribution in [-0.2, 0) is 26.3 Å². The zero-order valence-electron chi connectivity index (χ0n) is 18.0. The van der Waals surface area contributed by atoms with Gasteiger partial charge in [0.05, 0.1) is 27.9 Å². The molecule has 0 spiro atoms. The highest BCUT2D eigenvalue weighted by molar-refractivity contribution is 14.0. The molecule has 1 heterocycles. The lowest BCUT2D eigenvalue weighted by Crippen LogP contribution is -2.37. The first kappa shape index (κ1) is 26.7. The van der Waals surface area contributed by atoms with Crippen molar-refractivity contribution in [3.05, 3.63) is 35.2 Å². The molecule has 2 rings (SSSR count). The average molecular weight is 557 g/mol. The molecule has 2 N–H and O–H groups in total. The second-order valence-corrected chi connectivity index (χ2v) is 6.26. The summed E-state index contributed by atoms with van der Waals surface area (Å²) in [5.74, 6) is 1.81. The summed E-state index contributed by atoms with van der Waals surface area (Å²) in [6.07, 6.45) is -3.19. The number of nitrogens with one attached hydrogen (secondary N) is 2. The van der Waals surface area contributed by atoms with Crippen molar-refractivity contribution < 1.29 is 27.4 Å². The van der Waals surface area contributed by atoms with Crippen LogP contribution in [0.3, 0.4) is 0 Å². The highest BCUT2D eigenvalue weighted by Gasteiger charge is 2.36. The van der Waals surface area contributed by atoms with Crippen LogP contribution in [0.15, 0.2) is 23.3 Å². The smallest absolute Gasteiger partial charge is 0.435 e. The van der Waals surface area contributed by atoms with Crippen molar-refractivity contribution in [2.75, 3.05) is 27.9 Å². The summed E-state index contributed by atoms with van der Waals surface area (Å²) >= 11 is 0. The number of rotatable bonds is 8. The van der Waals surface area contributed by atoms with Crippen molar-refractivity contribution in [1.82, 2.24) is 20.4 Å². The number of aliphatic imine (C=N–C) groups is 1. The minimum atomic E-state index is -4.52. The van der Waals surface area contributed by atoms with E-state index in [1.807, 2.05) is 6.92 Å². The molecule has 1 aromatic carbocycles. The van der Waals surface area contributed by atoms with E-state index in [1.165, 1.54) is 34.6 Å². The molecule has 0 saturated heterocycles. The van der Waals surface area contributed by atoms with Crippen molar-refractivity contribution in [2.24, 2.45) is 12.0 Å². The van der Waals surface area contributed by atoms with E-state index in [9.17, 15) is 13.2 Å². The maximum absolute atomic E-state index is 13.1. The molecule has 0 atom stereocenters. The average Bonchev–Trinajstić information content (AvgIpc) is 3.10. The number of hydrogen-bond acceptors (Lipinski definition) is 5. The van der Waals surface area contributed by atoms with Gasteiger partial charge in [-0.05, 0) is 24.6 Å². The zero-order valence-corrected chi connectivity index (χ0v) is 20.3. The van der Waals surface area contributed by atoms with Crippen LogP contribution in [0.5, 0.6) is 17.2 Å². The van der Waals surface area contributed by atoms with Crippen molar-refractivity contribution in [1.29, 1.82) is 0 Å². The third-order valence-corrected chi connectivity index (χ3v) is 4.11. The number of halogens is 4. The second-order valence-electron chi connectivity index (χ2n) is 6.26. The lowest BCUT2D eigenvalue weighted by Gasteiger charge is -2.14. The first-order valence-corrected chi connectivity index (χ1v) is 9.14. The standard InChI is InChI=1S/C19H26F3N5O3.HI/c1-6-23-18(25-10-13-11-27(2)26-17(13)19(20,21)22)24-9-12-7-14(28-3)16(30-5)15(8-12)29-4;/h7-8,11H,6,9-10H2,1-5H3,(H2,23,24,25);1H. The zero-order chi connectivity index (χ0) is 22.3. The molecule has 0 aliphatic carbocycles. The summed E-state index contributed by atoms with van der Waals surface area (Å²) in [5, 5.41) is 9.43. The Morgan fingerprint density at radius 3 is 2.19 bits per heavy atom. The molecule has 0 radical (unpaired) electrons. The van der Waals surface area contributed by atoms with Gasteiger partial charge in [0.25, 0.3) is 0 Å². The molecular formula is C19H27F3IN5O3. The molecule has 2 aromatic rings. The molecule has 0 amide bonds. The molecule has 12 heteroatoms. The lowest BCUT2D eigenvalue weighted by molar-refractivity contribution is -0.142. The van der Waals surface area contributed by atoms with Gasteiger partial charge < -0.3 is 24.8 Å². The number of hydrogen-bond donors (Lipinski definition) is 2. The fraction of sp³-hybridized carbons (Fsp3) is 0.474. The maximum Gasteiger partial charge on any atom is 0.435 e. The number of methoxy groups -OCH3 is 3. The number of aromatic nitrogens is 2. The maximum atomic E-state index is 13.1. The first-order chi connectivity index (χ1) is 14.2. The van der Waals surface area contributed by atoms with Gasteiger partial charge in [-0.2, -0.15) is 18.3 Å². The van der Waals surface area contributed by atoms with Gasteiger partial charge in [0.1, 0.15) is 0 Å². The van der Waals surface area contributed by atoms with Crippen LogP contribution in [-0.4, -0.2) is 43.6 Å². The lowest BCUT2D eigenvalue weighted by atomic mass is 10.2. The third-order valence-electron chi connectivity index (χ3n) is 4.11. The van der Waals surface area contributed by atoms with E-state index < -0.39 is 11.9 Å². The van der Waals surface area contributed by atoms with Gasteiger partial charge in [-0.15, -0.1) is 24.0 Å². The Kier molecular flexibility index (Phi) is 10.2. The van der Waals surface area contributed by atoms with Crippen LogP contribution in [0.1, 0.15) is 23.7 Å². The van der Waals surface area contributed by atoms with E-state index in [0.717, 1.165) is 10.2 Å². The van der Waals surface area contributed by atoms with Crippen molar-refractivity contribution >= 4 is 29.9 Å². The largest absolute Gasteiger partial charge is 0.493 e. The predicted molar refractivity (Wildman–Crippen MR) is 121 cm³/mol. The van der Waals surface area contributed by atoms with Crippen LogP contribution >= 0.6 is 24.0 Å². The van der Waals surface area contributed by atoms with E-state index in [1.54, 1.807) is 12.1 Å². The number of aryl methyl sites for hydroxylation is 1. The predicted octanol–water partition coefficient (Wildman–Crippen LogP) is 3.34. The van der Waals surface area contributed by atoms with Crippen LogP contribution in [0.4, 0.5) is 13.2 Å². The normalized spacial score (nSPS) is 11.5. The first-order valence-electron chi connectivity index (χ1n) is 9.14. The molecule has 0 fully saturated rings. The molecule has 0 saturated carbocycles. The van der Waals surface area contributed by atoms with Gasteiger partial charge in [-0.25, -0.2) is 4.99 Å². The highest BCUT2D eigenvalue weighted by atomic mass is 127. The molecule has 0 bridgehead atoms. The Balaban J connectivity index is 0.00000480. The minimum Gasteiger partial charge on any atom is -0.493 e. The van der Waals surface area contributed by atoms with Gasteiger partial charge >= 0.3 is 6.18 Å². The molecule has 0 unspecified atom stereocenters. The van der Waals surface area contributed by atoms with Gasteiger partial charge in [-0.1, -0.05) is 0 Å². The summed E-state index contributed by atoms with van der Waals surface area (Å²) < 4.78 is 56.5. The summed E-state index contributed by atoms with van der Waals surface area (Å²) in [5.41, 5.74) is -0.111. The Morgan fingerprint density at radius 2 is 1.71 bits per heavy atom. The van der Waals surface area contributed by atoms with E-state index in [0.29, 0.717) is 29.8 Å². The van der Waals surface area contributed by atoms with Crippen LogP contribution in [0.2, 0.25) is 0 Å². The van der Waals surface area contributed by atoms with E-state index in [2.05, 4.69) is 20.7 Å². The quantitative estimate of drug-likeness (QED) is 0.295. The number of nitrogens with zero attached hydrogens (tertiary/aromatic N) is 3. The Labute approximate surface area is 196 Å². The van der Waals surface area contributed by atoms with Crippen molar-refractivity contribution in [2.45, 2.75) is 26.2 Å². The SMILES string of the molecule is CCNC(=NCc1cc(OC)c(OC)c(OC)c1)NCc1cn(C)nc1C(F)(F)F.I. The molecule has 8 nitrogen and oxygen atoms in total. The van der Waals surface area contributed by atoms with Gasteiger partial charge in [0.2, 0.25) is 5.75 Å². The van der Waals surface area contributed by atoms with E-state index >= 15 is 0 Å². The van der Waals surface area contributed by atoms with Crippen LogP contribution < -0.4 is 24.8 Å². The van der Waals surface area contributed by atoms with Crippen LogP contribution in [0, 0.1) is 0 Å². The molecule has 0 aliphatic rings. The number of ether oxygens (including phenoxy) is 3. The summed E-state index contributed by atoms with van der Waals surface area (Å²) in [4.78, 5) is 4.44. The van der Waals surface area contributed by atoms with E-state index in [4.69, 9.17) is 14.2 Å². The molecule has 0 aliphatic heterocycles. The Morgan fingerprint density at radius 1 is 1.10 bits per heavy atom. The second kappa shape index (κ2) is 11.9. The molecule has 31 heavy (non-hydrogen) atoms. The third kappa shape index (κ3) is 7.08. The summed E-state index contributed by atoms with van der Waals surface area (Å²) in [6.45, 7) is 2.57. The van der Waals surface area contributed by atoms with E-state index in [-0.39, 0.29) is 42.6 Å². The Hall–Kier alpha value is -2.38. The topological polar surface area (TPSA) is 81.9 Å². The van der Waals surface area contributed by atoms with Gasteiger partial charge in [0, 0.05) is 31.9 Å². The monoisotopic (exact) mass is 557 g/mol. The van der Waals surface area contributed by atoms with Gasteiger partial charge in [-0.3, -0.25) is 4.68 Å². The minimum absolute atomic E-state index is 0. The molecule has 1 aromatic heterocycles. The fourth-order valence-corrected chi connectivity index (χ4v) is 2.82. The summed E-state index contributed by atoms with van der Waals surface area (Å²) in [6, 6.07) is 3.52. The van der Waals surface area contributed by atoms with Crippen LogP contribution in [0.25, 0.3) is 0 Å². The number of benzene rings is 1. The van der Waals surface area contributed by atoms with Crippen molar-refractivity contribution in [3.63, 3.8) is 0 Å². The highest BCUT2D eigenvalue weighted by Crippen LogP contribution is 2.38. The van der Waals surface area contributed by atoms with Crippen molar-refractivity contribution in [3.8, 4) is 17.2 Å².